The number of nitrogens with two attached hydrogens (primary N) is 1. The van der Waals surface area contributed by atoms with Crippen molar-refractivity contribution < 1.29 is 9.90 Å². The predicted octanol–water partition coefficient (Wildman–Crippen LogP) is 2.74. The van der Waals surface area contributed by atoms with Gasteiger partial charge in [-0.1, -0.05) is 0 Å². The normalized spacial score (nSPS) is 9.80. The zero-order valence-electron chi connectivity index (χ0n) is 10.1. The van der Waals surface area contributed by atoms with E-state index in [4.69, 9.17) is 16.1 Å². The smallest absolute Gasteiger partial charge is 0.339 e. The van der Waals surface area contributed by atoms with E-state index in [1.165, 1.54) is 12.3 Å². The van der Waals surface area contributed by atoms with Crippen molar-refractivity contribution in [3.63, 3.8) is 0 Å². The Bertz CT molecular complexity index is 725. The molecule has 2 rings (SSSR count). The number of carbonyl (C=O) groups is 1. The standard InChI is InChI=1S/C13H9BrN4O2/c14-10-3-7(5-15)1-2-11(10)18-12-9(13(19)20)4-8(16)6-17-12/h1-4,6H,16H2,(H,17,18)(H,19,20). The second kappa shape index (κ2) is 5.59. The molecule has 1 aromatic heterocycles. The number of nitrogens with one attached hydrogen (secondary N) is 1. The molecule has 0 atom stereocenters. The summed E-state index contributed by atoms with van der Waals surface area (Å²) in [4.78, 5) is 15.1. The third kappa shape index (κ3) is 2.87. The second-order valence-corrected chi connectivity index (χ2v) is 4.76. The highest BCUT2D eigenvalue weighted by Crippen LogP contribution is 2.28. The number of carboxylic acids is 1. The van der Waals surface area contributed by atoms with Gasteiger partial charge in [0.25, 0.3) is 0 Å². The van der Waals surface area contributed by atoms with Crippen LogP contribution in [0.3, 0.4) is 0 Å². The molecule has 0 radical (unpaired) electrons. The van der Waals surface area contributed by atoms with Crippen molar-refractivity contribution in [2.75, 3.05) is 11.1 Å². The van der Waals surface area contributed by atoms with Crippen molar-refractivity contribution in [1.82, 2.24) is 4.98 Å². The van der Waals surface area contributed by atoms with Gasteiger partial charge in [0.2, 0.25) is 0 Å². The molecule has 4 N–H and O–H groups in total. The average Bonchev–Trinajstić information content (AvgIpc) is 2.42. The minimum Gasteiger partial charge on any atom is -0.478 e. The maximum Gasteiger partial charge on any atom is 0.339 e. The van der Waals surface area contributed by atoms with Gasteiger partial charge in [-0.2, -0.15) is 5.26 Å². The van der Waals surface area contributed by atoms with Crippen LogP contribution in [-0.4, -0.2) is 16.1 Å². The van der Waals surface area contributed by atoms with Crippen LogP contribution >= 0.6 is 15.9 Å². The van der Waals surface area contributed by atoms with E-state index in [0.29, 0.717) is 15.7 Å². The quantitative estimate of drug-likeness (QED) is 0.796. The number of carboxylic acid groups (broad SMARTS) is 1. The van der Waals surface area contributed by atoms with E-state index in [0.717, 1.165) is 0 Å². The summed E-state index contributed by atoms with van der Waals surface area (Å²) < 4.78 is 0.631. The molecular formula is C13H9BrN4O2. The van der Waals surface area contributed by atoms with E-state index in [9.17, 15) is 4.79 Å². The maximum absolute atomic E-state index is 11.2. The van der Waals surface area contributed by atoms with Crippen molar-refractivity contribution >= 4 is 39.1 Å². The van der Waals surface area contributed by atoms with E-state index in [1.54, 1.807) is 18.2 Å². The first kappa shape index (κ1) is 13.8. The van der Waals surface area contributed by atoms with Crippen LogP contribution in [0, 0.1) is 11.3 Å². The molecule has 1 aromatic carbocycles. The van der Waals surface area contributed by atoms with Gasteiger partial charge in [0.05, 0.1) is 29.2 Å². The number of nitriles is 1. The topological polar surface area (TPSA) is 112 Å². The molecule has 100 valence electrons. The van der Waals surface area contributed by atoms with Crippen LogP contribution in [0.4, 0.5) is 17.2 Å². The maximum atomic E-state index is 11.2. The SMILES string of the molecule is N#Cc1ccc(Nc2ncc(N)cc2C(=O)O)c(Br)c1. The molecule has 6 nitrogen and oxygen atoms in total. The van der Waals surface area contributed by atoms with E-state index in [1.807, 2.05) is 6.07 Å². The molecule has 0 aliphatic rings. The molecule has 0 saturated carbocycles. The Morgan fingerprint density at radius 2 is 2.20 bits per heavy atom. The molecule has 0 saturated heterocycles. The number of benzene rings is 1. The second-order valence-electron chi connectivity index (χ2n) is 3.90. The fraction of sp³-hybridized carbons (Fsp3) is 0. The molecule has 20 heavy (non-hydrogen) atoms. The van der Waals surface area contributed by atoms with Crippen molar-refractivity contribution in [3.05, 3.63) is 46.1 Å². The number of anilines is 3. The molecule has 2 aromatic rings. The Labute approximate surface area is 123 Å². The highest BCUT2D eigenvalue weighted by atomic mass is 79.9. The van der Waals surface area contributed by atoms with Crippen LogP contribution in [0.5, 0.6) is 0 Å². The molecule has 7 heteroatoms. The lowest BCUT2D eigenvalue weighted by Crippen LogP contribution is -2.06. The van der Waals surface area contributed by atoms with Gasteiger partial charge in [0.1, 0.15) is 11.4 Å². The molecule has 0 spiro atoms. The van der Waals surface area contributed by atoms with E-state index >= 15 is 0 Å². The van der Waals surface area contributed by atoms with Gasteiger partial charge >= 0.3 is 5.97 Å². The van der Waals surface area contributed by atoms with Gasteiger partial charge in [-0.05, 0) is 40.2 Å². The Hall–Kier alpha value is -2.59. The zero-order valence-corrected chi connectivity index (χ0v) is 11.7. The number of rotatable bonds is 3. The number of hydrogen-bond acceptors (Lipinski definition) is 5. The number of hydrogen-bond donors (Lipinski definition) is 3. The number of halogens is 1. The Kier molecular flexibility index (Phi) is 3.86. The highest BCUT2D eigenvalue weighted by molar-refractivity contribution is 9.10. The minimum atomic E-state index is -1.13. The number of aromatic carboxylic acids is 1. The number of pyridine rings is 1. The summed E-state index contributed by atoms with van der Waals surface area (Å²) in [6.07, 6.45) is 1.37. The van der Waals surface area contributed by atoms with Crippen LogP contribution < -0.4 is 11.1 Å². The summed E-state index contributed by atoms with van der Waals surface area (Å²) in [5.41, 5.74) is 6.86. The predicted molar refractivity (Wildman–Crippen MR) is 77.7 cm³/mol. The Morgan fingerprint density at radius 3 is 2.80 bits per heavy atom. The van der Waals surface area contributed by atoms with E-state index in [-0.39, 0.29) is 17.1 Å². The van der Waals surface area contributed by atoms with Gasteiger partial charge in [-0.25, -0.2) is 9.78 Å². The summed E-state index contributed by atoms with van der Waals surface area (Å²) in [5.74, 6) is -0.950. The van der Waals surface area contributed by atoms with Gasteiger partial charge in [0.15, 0.2) is 0 Å². The Morgan fingerprint density at radius 1 is 1.45 bits per heavy atom. The molecule has 0 aliphatic carbocycles. The first-order chi connectivity index (χ1) is 9.51. The van der Waals surface area contributed by atoms with Gasteiger partial charge < -0.3 is 16.2 Å². The fourth-order valence-electron chi connectivity index (χ4n) is 1.56. The molecule has 0 amide bonds. The lowest BCUT2D eigenvalue weighted by atomic mass is 10.2. The van der Waals surface area contributed by atoms with E-state index in [2.05, 4.69) is 26.2 Å². The van der Waals surface area contributed by atoms with Crippen LogP contribution in [0.25, 0.3) is 0 Å². The lowest BCUT2D eigenvalue weighted by molar-refractivity contribution is 0.0697. The van der Waals surface area contributed by atoms with Crippen molar-refractivity contribution in [2.45, 2.75) is 0 Å². The summed E-state index contributed by atoms with van der Waals surface area (Å²) >= 11 is 3.31. The zero-order chi connectivity index (χ0) is 14.7. The Balaban J connectivity index is 2.40. The number of aromatic nitrogens is 1. The van der Waals surface area contributed by atoms with Gasteiger partial charge in [0, 0.05) is 4.47 Å². The van der Waals surface area contributed by atoms with Gasteiger partial charge in [-0.15, -0.1) is 0 Å². The number of nitrogens with zero attached hydrogens (tertiary/aromatic N) is 2. The monoisotopic (exact) mass is 332 g/mol. The average molecular weight is 333 g/mol. The third-order valence-corrected chi connectivity index (χ3v) is 3.15. The largest absolute Gasteiger partial charge is 0.478 e. The van der Waals surface area contributed by atoms with Crippen LogP contribution in [-0.2, 0) is 0 Å². The minimum absolute atomic E-state index is 0.0266. The summed E-state index contributed by atoms with van der Waals surface area (Å²) in [6, 6.07) is 8.24. The van der Waals surface area contributed by atoms with E-state index < -0.39 is 5.97 Å². The molecular weight excluding hydrogens is 324 g/mol. The van der Waals surface area contributed by atoms with Crippen LogP contribution in [0.1, 0.15) is 15.9 Å². The van der Waals surface area contributed by atoms with Crippen molar-refractivity contribution in [3.8, 4) is 6.07 Å². The summed E-state index contributed by atoms with van der Waals surface area (Å²) in [6.45, 7) is 0. The molecule has 0 fully saturated rings. The summed E-state index contributed by atoms with van der Waals surface area (Å²) in [5, 5.41) is 20.8. The molecule has 0 aliphatic heterocycles. The third-order valence-electron chi connectivity index (χ3n) is 2.49. The molecule has 0 bridgehead atoms. The van der Waals surface area contributed by atoms with Crippen molar-refractivity contribution in [2.24, 2.45) is 0 Å². The highest BCUT2D eigenvalue weighted by Gasteiger charge is 2.13. The lowest BCUT2D eigenvalue weighted by Gasteiger charge is -2.10. The first-order valence-electron chi connectivity index (χ1n) is 5.46. The van der Waals surface area contributed by atoms with Crippen molar-refractivity contribution in [1.29, 1.82) is 5.26 Å². The number of nitrogen functional groups attached to an aromatic ring is 1. The fourth-order valence-corrected chi connectivity index (χ4v) is 2.04. The molecule has 0 unspecified atom stereocenters. The molecule has 1 heterocycles. The van der Waals surface area contributed by atoms with Crippen LogP contribution in [0.2, 0.25) is 0 Å². The van der Waals surface area contributed by atoms with Crippen LogP contribution in [0.15, 0.2) is 34.9 Å². The van der Waals surface area contributed by atoms with Gasteiger partial charge in [-0.3, -0.25) is 0 Å². The summed E-state index contributed by atoms with van der Waals surface area (Å²) in [7, 11) is 0. The first-order valence-corrected chi connectivity index (χ1v) is 6.26.